The van der Waals surface area contributed by atoms with Gasteiger partial charge in [-0.3, -0.25) is 24.0 Å². The molecule has 3 fully saturated rings. The van der Waals surface area contributed by atoms with Crippen molar-refractivity contribution in [3.8, 4) is 5.75 Å². The third-order valence-electron chi connectivity index (χ3n) is 9.18. The first-order chi connectivity index (χ1) is 21.3. The Kier molecular flexibility index (Phi) is 8.32. The van der Waals surface area contributed by atoms with Gasteiger partial charge in [-0.15, -0.1) is 0 Å². The molecule has 5 atom stereocenters. The fraction of sp³-hybridized carbons (Fsp3) is 0.438. The number of ketones is 1. The van der Waals surface area contributed by atoms with Crippen LogP contribution in [0.1, 0.15) is 48.3 Å². The molecule has 4 N–H and O–H groups in total. The van der Waals surface area contributed by atoms with Crippen LogP contribution in [0.3, 0.4) is 0 Å². The normalized spacial score (nSPS) is 23.2. The number of carbonyl (C=O) groups excluding carboxylic acids is 5. The van der Waals surface area contributed by atoms with E-state index in [9.17, 15) is 24.0 Å². The van der Waals surface area contributed by atoms with Crippen LogP contribution in [0.2, 0.25) is 0 Å². The number of fused-ring (bicyclic) bond motifs is 2. The van der Waals surface area contributed by atoms with E-state index in [0.29, 0.717) is 36.3 Å². The molecule has 1 saturated carbocycles. The summed E-state index contributed by atoms with van der Waals surface area (Å²) in [5.74, 6) is -4.17. The molecule has 44 heavy (non-hydrogen) atoms. The molecule has 1 aliphatic carbocycles. The highest BCUT2D eigenvalue weighted by Crippen LogP contribution is 2.42. The number of carbonyl (C=O) groups is 5. The number of hydrogen-bond donors (Lipinski definition) is 4. The van der Waals surface area contributed by atoms with Crippen molar-refractivity contribution >= 4 is 40.4 Å². The number of likely N-dealkylation sites (tertiary alicyclic amines) is 1. The number of methoxy groups -OCH3 is 1. The maximum absolute atomic E-state index is 13.9. The maximum atomic E-state index is 13.9. The number of rotatable bonds is 10. The number of aromatic amines is 1. The number of nitrogens with one attached hydrogen (secondary N) is 4. The molecule has 12 heteroatoms. The molecule has 3 aromatic rings. The lowest BCUT2D eigenvalue weighted by atomic mass is 9.88. The van der Waals surface area contributed by atoms with Crippen LogP contribution in [0, 0.1) is 23.7 Å². The lowest BCUT2D eigenvalue weighted by molar-refractivity contribution is -0.145. The fourth-order valence-electron chi connectivity index (χ4n) is 6.86. The average molecular weight is 601 g/mol. The van der Waals surface area contributed by atoms with Crippen LogP contribution < -0.4 is 20.7 Å². The molecule has 0 bridgehead atoms. The SMILES string of the molecule is COc1cccc2[nH]c(C(=O)N3C[C@@H]4CCC[C@@H]4[C@H]3NC(=O)C(C[C@H]3CCNC3=O)C(=O)C(=O)NCc3ccccc3)nc12. The third-order valence-corrected chi connectivity index (χ3v) is 9.18. The molecule has 3 aliphatic rings. The van der Waals surface area contributed by atoms with E-state index in [1.54, 1.807) is 23.1 Å². The van der Waals surface area contributed by atoms with Crippen LogP contribution in [-0.2, 0) is 25.7 Å². The minimum Gasteiger partial charge on any atom is -0.494 e. The first-order valence-corrected chi connectivity index (χ1v) is 15.1. The summed E-state index contributed by atoms with van der Waals surface area (Å²) in [5, 5.41) is 8.32. The molecular formula is C32H36N6O6. The zero-order chi connectivity index (χ0) is 30.8. The summed E-state index contributed by atoms with van der Waals surface area (Å²) in [7, 11) is 1.53. The average Bonchev–Trinajstić information content (AvgIpc) is 3.83. The van der Waals surface area contributed by atoms with Crippen LogP contribution in [0.4, 0.5) is 0 Å². The van der Waals surface area contributed by atoms with Gasteiger partial charge in [-0.05, 0) is 49.3 Å². The van der Waals surface area contributed by atoms with Crippen molar-refractivity contribution < 1.29 is 28.7 Å². The number of hydrogen-bond acceptors (Lipinski definition) is 7. The fourth-order valence-corrected chi connectivity index (χ4v) is 6.86. The second-order valence-electron chi connectivity index (χ2n) is 11.8. The highest BCUT2D eigenvalue weighted by atomic mass is 16.5. The third kappa shape index (κ3) is 5.76. The molecule has 230 valence electrons. The smallest absolute Gasteiger partial charge is 0.291 e. The maximum Gasteiger partial charge on any atom is 0.291 e. The highest BCUT2D eigenvalue weighted by Gasteiger charge is 2.49. The summed E-state index contributed by atoms with van der Waals surface area (Å²) in [6, 6.07) is 14.5. The number of amides is 4. The van der Waals surface area contributed by atoms with Crippen molar-refractivity contribution in [1.29, 1.82) is 0 Å². The monoisotopic (exact) mass is 600 g/mol. The Morgan fingerprint density at radius 2 is 1.89 bits per heavy atom. The number of imidazole rings is 1. The van der Waals surface area contributed by atoms with Gasteiger partial charge in [-0.25, -0.2) is 4.98 Å². The number of H-pyrrole nitrogens is 1. The summed E-state index contributed by atoms with van der Waals surface area (Å²) < 4.78 is 5.40. The van der Waals surface area contributed by atoms with Crippen LogP contribution in [0.15, 0.2) is 48.5 Å². The number of aromatic nitrogens is 2. The van der Waals surface area contributed by atoms with E-state index in [0.717, 1.165) is 24.8 Å². The minimum atomic E-state index is -1.38. The summed E-state index contributed by atoms with van der Waals surface area (Å²) in [6.07, 6.45) is 2.40. The summed E-state index contributed by atoms with van der Waals surface area (Å²) in [6.45, 7) is 1.01. The quantitative estimate of drug-likeness (QED) is 0.204. The number of ether oxygens (including phenoxy) is 1. The predicted octanol–water partition coefficient (Wildman–Crippen LogP) is 1.91. The van der Waals surface area contributed by atoms with Gasteiger partial charge in [-0.1, -0.05) is 42.8 Å². The Morgan fingerprint density at radius 3 is 2.64 bits per heavy atom. The molecule has 0 radical (unpaired) electrons. The second-order valence-corrected chi connectivity index (χ2v) is 11.8. The van der Waals surface area contributed by atoms with Gasteiger partial charge >= 0.3 is 0 Å². The number of nitrogens with zero attached hydrogens (tertiary/aromatic N) is 2. The molecule has 2 aromatic carbocycles. The van der Waals surface area contributed by atoms with E-state index in [4.69, 9.17) is 4.74 Å². The standard InChI is InChI=1S/C32H36N6O6/c1-44-24-12-6-11-23-25(24)36-27(35-23)32(43)38-17-20-9-5-10-21(20)28(38)37-30(41)22(15-19-13-14-33-29(19)40)26(39)31(42)34-16-18-7-3-2-4-8-18/h2-4,6-8,11-12,19-22,28H,5,9-10,13-17H2,1H3,(H,33,40)(H,34,42)(H,35,36)(H,37,41)/t19-,20+,21+,22?,28+/m1/s1. The van der Waals surface area contributed by atoms with Crippen molar-refractivity contribution in [3.05, 3.63) is 59.9 Å². The van der Waals surface area contributed by atoms with E-state index in [-0.39, 0.29) is 42.4 Å². The highest BCUT2D eigenvalue weighted by molar-refractivity contribution is 6.40. The van der Waals surface area contributed by atoms with Gasteiger partial charge in [-0.2, -0.15) is 0 Å². The van der Waals surface area contributed by atoms with Crippen LogP contribution in [0.5, 0.6) is 5.75 Å². The molecule has 2 saturated heterocycles. The second kappa shape index (κ2) is 12.5. The zero-order valence-electron chi connectivity index (χ0n) is 24.5. The zero-order valence-corrected chi connectivity index (χ0v) is 24.5. The van der Waals surface area contributed by atoms with Crippen LogP contribution in [0.25, 0.3) is 11.0 Å². The van der Waals surface area contributed by atoms with Gasteiger partial charge in [0.25, 0.3) is 11.8 Å². The first kappa shape index (κ1) is 29.3. The van der Waals surface area contributed by atoms with Gasteiger partial charge in [0.15, 0.2) is 5.82 Å². The summed E-state index contributed by atoms with van der Waals surface area (Å²) >= 11 is 0. The topological polar surface area (TPSA) is 163 Å². The van der Waals surface area contributed by atoms with Crippen molar-refractivity contribution in [2.45, 2.75) is 44.8 Å². The summed E-state index contributed by atoms with van der Waals surface area (Å²) in [5.41, 5.74) is 1.98. The molecule has 0 spiro atoms. The lowest BCUT2D eigenvalue weighted by Gasteiger charge is -2.30. The number of benzene rings is 2. The Hall–Kier alpha value is -4.74. The van der Waals surface area contributed by atoms with Crippen molar-refractivity contribution in [1.82, 2.24) is 30.8 Å². The molecular weight excluding hydrogens is 564 g/mol. The molecule has 12 nitrogen and oxygen atoms in total. The van der Waals surface area contributed by atoms with Gasteiger partial charge in [0.1, 0.15) is 23.3 Å². The van der Waals surface area contributed by atoms with E-state index < -0.39 is 35.6 Å². The van der Waals surface area contributed by atoms with Gasteiger partial charge in [0.2, 0.25) is 17.6 Å². The van der Waals surface area contributed by atoms with E-state index in [1.165, 1.54) is 7.11 Å². The van der Waals surface area contributed by atoms with Gasteiger partial charge in [0, 0.05) is 31.5 Å². The lowest BCUT2D eigenvalue weighted by Crippen LogP contribution is -2.53. The first-order valence-electron chi connectivity index (χ1n) is 15.1. The Bertz CT molecular complexity index is 1590. The van der Waals surface area contributed by atoms with E-state index >= 15 is 0 Å². The molecule has 6 rings (SSSR count). The van der Waals surface area contributed by atoms with Crippen molar-refractivity contribution in [2.24, 2.45) is 23.7 Å². The number of para-hydroxylation sites is 1. The molecule has 3 heterocycles. The minimum absolute atomic E-state index is 0.000692. The van der Waals surface area contributed by atoms with Crippen molar-refractivity contribution in [2.75, 3.05) is 20.2 Å². The largest absolute Gasteiger partial charge is 0.494 e. The molecule has 4 amide bonds. The molecule has 2 aliphatic heterocycles. The van der Waals surface area contributed by atoms with Gasteiger partial charge in [0.05, 0.1) is 12.6 Å². The molecule has 1 aromatic heterocycles. The van der Waals surface area contributed by atoms with E-state index in [1.807, 2.05) is 30.3 Å². The molecule has 1 unspecified atom stereocenters. The van der Waals surface area contributed by atoms with Crippen LogP contribution in [-0.4, -0.2) is 70.6 Å². The van der Waals surface area contributed by atoms with Crippen LogP contribution >= 0.6 is 0 Å². The Labute approximate surface area is 254 Å². The number of Topliss-reactive ketones (excluding diaryl/α,β-unsaturated/α-hetero) is 1. The van der Waals surface area contributed by atoms with E-state index in [2.05, 4.69) is 25.9 Å². The van der Waals surface area contributed by atoms with Gasteiger partial charge < -0.3 is 30.6 Å². The Morgan fingerprint density at radius 1 is 1.07 bits per heavy atom. The summed E-state index contributed by atoms with van der Waals surface area (Å²) in [4.78, 5) is 75.9. The van der Waals surface area contributed by atoms with Crippen molar-refractivity contribution in [3.63, 3.8) is 0 Å². The Balaban J connectivity index is 1.23. The predicted molar refractivity (Wildman–Crippen MR) is 159 cm³/mol.